The summed E-state index contributed by atoms with van der Waals surface area (Å²) in [7, 11) is 0. The molecule has 152 valence electrons. The van der Waals surface area contributed by atoms with E-state index in [-0.39, 0.29) is 24.2 Å². The van der Waals surface area contributed by atoms with E-state index in [1.807, 2.05) is 0 Å². The fourth-order valence-corrected chi connectivity index (χ4v) is 4.29. The Morgan fingerprint density at radius 3 is 2.90 bits per heavy atom. The Bertz CT molecular complexity index is 1190. The Hall–Kier alpha value is -2.78. The van der Waals surface area contributed by atoms with Crippen LogP contribution in [-0.2, 0) is 16.1 Å². The van der Waals surface area contributed by atoms with Crippen molar-refractivity contribution in [3.63, 3.8) is 0 Å². The van der Waals surface area contributed by atoms with Crippen LogP contribution in [0.2, 0.25) is 0 Å². The first kappa shape index (κ1) is 19.5. The number of nitrogens with one attached hydrogen (secondary N) is 1. The van der Waals surface area contributed by atoms with Crippen molar-refractivity contribution in [2.75, 3.05) is 13.2 Å². The molecular formula is C20H20FN3O4S. The Morgan fingerprint density at radius 1 is 1.34 bits per heavy atom. The largest absolute Gasteiger partial charge is 0.376 e. The van der Waals surface area contributed by atoms with Crippen LogP contribution in [0.15, 0.2) is 39.2 Å². The number of hydrogen-bond acceptors (Lipinski definition) is 5. The molecule has 2 aromatic heterocycles. The average molecular weight is 417 g/mol. The van der Waals surface area contributed by atoms with Gasteiger partial charge in [-0.1, -0.05) is 0 Å². The van der Waals surface area contributed by atoms with Gasteiger partial charge in [-0.15, -0.1) is 11.3 Å². The summed E-state index contributed by atoms with van der Waals surface area (Å²) < 4.78 is 21.8. The number of ether oxygens (including phenoxy) is 1. The first-order valence-electron chi connectivity index (χ1n) is 9.33. The summed E-state index contributed by atoms with van der Waals surface area (Å²) >= 11 is 1.19. The number of halogens is 1. The summed E-state index contributed by atoms with van der Waals surface area (Å²) in [6.45, 7) is 2.42. The van der Waals surface area contributed by atoms with Gasteiger partial charge in [0.1, 0.15) is 17.1 Å². The van der Waals surface area contributed by atoms with Crippen LogP contribution < -0.4 is 16.6 Å². The van der Waals surface area contributed by atoms with Gasteiger partial charge in [-0.25, -0.2) is 13.8 Å². The molecule has 0 spiro atoms. The monoisotopic (exact) mass is 417 g/mol. The van der Waals surface area contributed by atoms with Crippen molar-refractivity contribution in [1.29, 1.82) is 0 Å². The fraction of sp³-hybridized carbons (Fsp3) is 0.350. The second-order valence-corrected chi connectivity index (χ2v) is 7.93. The fourth-order valence-electron chi connectivity index (χ4n) is 3.47. The number of amides is 1. The minimum absolute atomic E-state index is 0.00650. The van der Waals surface area contributed by atoms with E-state index in [1.165, 1.54) is 34.1 Å². The second kappa shape index (κ2) is 7.92. The number of aryl methyl sites for hydroxylation is 1. The topological polar surface area (TPSA) is 82.3 Å². The van der Waals surface area contributed by atoms with Gasteiger partial charge in [0.05, 0.1) is 17.3 Å². The number of thiophene rings is 1. The third-order valence-electron chi connectivity index (χ3n) is 5.01. The van der Waals surface area contributed by atoms with Crippen LogP contribution in [0.3, 0.4) is 0 Å². The zero-order valence-corrected chi connectivity index (χ0v) is 16.6. The molecule has 1 amide bonds. The van der Waals surface area contributed by atoms with Crippen molar-refractivity contribution < 1.29 is 13.9 Å². The SMILES string of the molecule is Cc1cc(-n2c(=O)c3sccc3n(CC(=O)NC[C@H]3CCCO3)c2=O)ccc1F. The smallest absolute Gasteiger partial charge is 0.336 e. The number of hydrogen-bond donors (Lipinski definition) is 1. The maximum atomic E-state index is 13.7. The average Bonchev–Trinajstić information content (AvgIpc) is 3.38. The molecule has 1 N–H and O–H groups in total. The van der Waals surface area contributed by atoms with Gasteiger partial charge < -0.3 is 10.1 Å². The van der Waals surface area contributed by atoms with Gasteiger partial charge in [0.25, 0.3) is 5.56 Å². The van der Waals surface area contributed by atoms with E-state index >= 15 is 0 Å². The number of carbonyl (C=O) groups is 1. The van der Waals surface area contributed by atoms with Crippen LogP contribution in [-0.4, -0.2) is 34.3 Å². The Labute approximate surface area is 169 Å². The normalized spacial score (nSPS) is 16.4. The molecule has 1 fully saturated rings. The lowest BCUT2D eigenvalue weighted by molar-refractivity contribution is -0.122. The lowest BCUT2D eigenvalue weighted by atomic mass is 10.2. The van der Waals surface area contributed by atoms with E-state index in [1.54, 1.807) is 18.4 Å². The van der Waals surface area contributed by atoms with Gasteiger partial charge in [0.15, 0.2) is 0 Å². The Balaban J connectivity index is 1.72. The maximum Gasteiger partial charge on any atom is 0.336 e. The van der Waals surface area contributed by atoms with Crippen molar-refractivity contribution in [2.45, 2.75) is 32.4 Å². The molecule has 1 atom stereocenters. The standard InChI is InChI=1S/C20H20FN3O4S/c1-12-9-13(4-5-15(12)21)24-19(26)18-16(6-8-29-18)23(20(24)27)11-17(25)22-10-14-3-2-7-28-14/h4-6,8-9,14H,2-3,7,10-11H2,1H3,(H,22,25)/t14-/m1/s1. The van der Waals surface area contributed by atoms with Crippen LogP contribution >= 0.6 is 11.3 Å². The van der Waals surface area contributed by atoms with Gasteiger partial charge in [-0.3, -0.25) is 14.2 Å². The van der Waals surface area contributed by atoms with E-state index in [2.05, 4.69) is 5.32 Å². The molecule has 3 aromatic rings. The van der Waals surface area contributed by atoms with Crippen molar-refractivity contribution in [2.24, 2.45) is 0 Å². The number of nitrogens with zero attached hydrogens (tertiary/aromatic N) is 2. The predicted molar refractivity (Wildman–Crippen MR) is 108 cm³/mol. The van der Waals surface area contributed by atoms with Crippen molar-refractivity contribution in [3.8, 4) is 5.69 Å². The van der Waals surface area contributed by atoms with E-state index in [9.17, 15) is 18.8 Å². The van der Waals surface area contributed by atoms with Gasteiger partial charge in [0, 0.05) is 13.2 Å². The summed E-state index contributed by atoms with van der Waals surface area (Å²) in [4.78, 5) is 38.5. The van der Waals surface area contributed by atoms with Crippen LogP contribution in [0.1, 0.15) is 18.4 Å². The van der Waals surface area contributed by atoms with Crippen molar-refractivity contribution in [3.05, 3.63) is 61.9 Å². The molecule has 0 saturated carbocycles. The Morgan fingerprint density at radius 2 is 2.17 bits per heavy atom. The Kier molecular flexibility index (Phi) is 5.33. The number of rotatable bonds is 5. The maximum absolute atomic E-state index is 13.7. The molecular weight excluding hydrogens is 397 g/mol. The third-order valence-corrected chi connectivity index (χ3v) is 5.90. The minimum Gasteiger partial charge on any atom is -0.376 e. The highest BCUT2D eigenvalue weighted by Gasteiger charge is 2.20. The number of aromatic nitrogens is 2. The van der Waals surface area contributed by atoms with Crippen LogP contribution in [0.4, 0.5) is 4.39 Å². The zero-order chi connectivity index (χ0) is 20.5. The van der Waals surface area contributed by atoms with Gasteiger partial charge in [-0.05, 0) is 55.0 Å². The molecule has 0 bridgehead atoms. The first-order chi connectivity index (χ1) is 14.0. The molecule has 3 heterocycles. The highest BCUT2D eigenvalue weighted by atomic mass is 32.1. The highest BCUT2D eigenvalue weighted by Crippen LogP contribution is 2.17. The molecule has 1 saturated heterocycles. The van der Waals surface area contributed by atoms with Crippen LogP contribution in [0, 0.1) is 12.7 Å². The second-order valence-electron chi connectivity index (χ2n) is 7.02. The number of carbonyl (C=O) groups excluding carboxylic acids is 1. The van der Waals surface area contributed by atoms with E-state index in [0.717, 1.165) is 17.4 Å². The minimum atomic E-state index is -0.640. The highest BCUT2D eigenvalue weighted by molar-refractivity contribution is 7.17. The molecule has 29 heavy (non-hydrogen) atoms. The summed E-state index contributed by atoms with van der Waals surface area (Å²) in [6, 6.07) is 5.69. The summed E-state index contributed by atoms with van der Waals surface area (Å²) in [6.07, 6.45) is 1.86. The first-order valence-corrected chi connectivity index (χ1v) is 10.2. The molecule has 0 radical (unpaired) electrons. The van der Waals surface area contributed by atoms with E-state index < -0.39 is 17.1 Å². The van der Waals surface area contributed by atoms with Crippen LogP contribution in [0.5, 0.6) is 0 Å². The van der Waals surface area contributed by atoms with Crippen molar-refractivity contribution in [1.82, 2.24) is 14.5 Å². The number of benzene rings is 1. The molecule has 4 rings (SSSR count). The van der Waals surface area contributed by atoms with Crippen LogP contribution in [0.25, 0.3) is 15.9 Å². The quantitative estimate of drug-likeness (QED) is 0.688. The van der Waals surface area contributed by atoms with Gasteiger partial charge >= 0.3 is 5.69 Å². The molecule has 0 unspecified atom stereocenters. The van der Waals surface area contributed by atoms with E-state index in [0.29, 0.717) is 28.9 Å². The lowest BCUT2D eigenvalue weighted by Gasteiger charge is -2.14. The molecule has 7 nitrogen and oxygen atoms in total. The van der Waals surface area contributed by atoms with Gasteiger partial charge in [-0.2, -0.15) is 0 Å². The zero-order valence-electron chi connectivity index (χ0n) is 15.8. The molecule has 1 aliphatic rings. The summed E-state index contributed by atoms with van der Waals surface area (Å²) in [5.41, 5.74) is -0.128. The number of fused-ring (bicyclic) bond motifs is 1. The molecule has 9 heteroatoms. The van der Waals surface area contributed by atoms with Crippen molar-refractivity contribution >= 4 is 27.5 Å². The summed E-state index contributed by atoms with van der Waals surface area (Å²) in [5.74, 6) is -0.761. The molecule has 0 aliphatic carbocycles. The lowest BCUT2D eigenvalue weighted by Crippen LogP contribution is -2.42. The molecule has 1 aromatic carbocycles. The van der Waals surface area contributed by atoms with E-state index in [4.69, 9.17) is 4.74 Å². The third kappa shape index (κ3) is 3.75. The predicted octanol–water partition coefficient (Wildman–Crippen LogP) is 1.96. The molecule has 1 aliphatic heterocycles. The van der Waals surface area contributed by atoms with Gasteiger partial charge in [0.2, 0.25) is 5.91 Å². The summed E-state index contributed by atoms with van der Waals surface area (Å²) in [5, 5.41) is 4.49.